The topological polar surface area (TPSA) is 6.48 Å². The van der Waals surface area contributed by atoms with E-state index in [2.05, 4.69) is 280 Å². The van der Waals surface area contributed by atoms with E-state index in [9.17, 15) is 0 Å². The maximum atomic E-state index is 2.40. The van der Waals surface area contributed by atoms with Crippen LogP contribution >= 0.6 is 0 Å². The zero-order valence-electron chi connectivity index (χ0n) is 38.0. The molecule has 0 fully saturated rings. The molecule has 0 saturated carbocycles. The van der Waals surface area contributed by atoms with Crippen LogP contribution in [0.1, 0.15) is 22.3 Å². The van der Waals surface area contributed by atoms with Gasteiger partial charge in [0.25, 0.3) is 0 Å². The van der Waals surface area contributed by atoms with E-state index in [0.29, 0.717) is 0 Å². The Hall–Kier alpha value is -8.20. The summed E-state index contributed by atoms with van der Waals surface area (Å²) < 4.78 is 0. The predicted octanol–water partition coefficient (Wildman–Crippen LogP) is 18.2. The van der Waals surface area contributed by atoms with E-state index in [-0.39, 0.29) is 0 Å². The summed E-state index contributed by atoms with van der Waals surface area (Å²) in [6, 6.07) is 87.7. The molecule has 10 aromatic rings. The van der Waals surface area contributed by atoms with Crippen LogP contribution in [-0.2, 0) is 0 Å². The van der Waals surface area contributed by atoms with Gasteiger partial charge in [0.2, 0.25) is 0 Å². The van der Waals surface area contributed by atoms with Gasteiger partial charge in [-0.3, -0.25) is 0 Å². The van der Waals surface area contributed by atoms with Gasteiger partial charge < -0.3 is 9.80 Å². The van der Waals surface area contributed by atoms with Crippen LogP contribution in [0, 0.1) is 27.7 Å². The van der Waals surface area contributed by atoms with Gasteiger partial charge in [-0.05, 0) is 178 Å². The van der Waals surface area contributed by atoms with Crippen LogP contribution in [0.15, 0.2) is 243 Å². The minimum absolute atomic E-state index is 1.11. The molecule has 0 aliphatic rings. The molecule has 0 saturated heterocycles. The second kappa shape index (κ2) is 18.5. The monoisotopic (exact) mass is 848 g/mol. The Morgan fingerprint density at radius 2 is 0.455 bits per heavy atom. The fourth-order valence-corrected chi connectivity index (χ4v) is 9.60. The summed E-state index contributed by atoms with van der Waals surface area (Å²) in [5, 5.41) is 0. The van der Waals surface area contributed by atoms with Gasteiger partial charge in [0, 0.05) is 34.1 Å². The van der Waals surface area contributed by atoms with Gasteiger partial charge in [-0.2, -0.15) is 0 Å². The molecule has 0 aliphatic carbocycles. The maximum Gasteiger partial charge on any atom is 0.0467 e. The number of hydrogen-bond acceptors (Lipinski definition) is 2. The van der Waals surface area contributed by atoms with E-state index in [1.165, 1.54) is 77.9 Å². The predicted molar refractivity (Wildman–Crippen MR) is 282 cm³/mol. The first-order valence-corrected chi connectivity index (χ1v) is 22.8. The molecule has 0 amide bonds. The quantitative estimate of drug-likeness (QED) is 0.128. The molecular weight excluding hydrogens is 797 g/mol. The normalized spacial score (nSPS) is 11.0. The molecule has 66 heavy (non-hydrogen) atoms. The van der Waals surface area contributed by atoms with Crippen LogP contribution < -0.4 is 9.80 Å². The van der Waals surface area contributed by atoms with E-state index in [1.54, 1.807) is 0 Å². The Balaban J connectivity index is 1.06. The molecule has 10 aromatic carbocycles. The van der Waals surface area contributed by atoms with Crippen molar-refractivity contribution in [2.24, 2.45) is 0 Å². The van der Waals surface area contributed by atoms with Crippen molar-refractivity contribution in [3.05, 3.63) is 265 Å². The fraction of sp³-hybridized carbons (Fsp3) is 0.0625. The lowest BCUT2D eigenvalue weighted by atomic mass is 9.88. The van der Waals surface area contributed by atoms with Crippen LogP contribution in [0.25, 0.3) is 55.6 Å². The highest BCUT2D eigenvalue weighted by molar-refractivity contribution is 5.88. The van der Waals surface area contributed by atoms with Crippen LogP contribution in [0.3, 0.4) is 0 Å². The smallest absolute Gasteiger partial charge is 0.0467 e. The third kappa shape index (κ3) is 8.57. The highest BCUT2D eigenvalue weighted by atomic mass is 15.1. The third-order valence-corrected chi connectivity index (χ3v) is 12.7. The van der Waals surface area contributed by atoms with E-state index >= 15 is 0 Å². The summed E-state index contributed by atoms with van der Waals surface area (Å²) in [7, 11) is 0. The average molecular weight is 849 g/mol. The molecule has 0 heterocycles. The number of aryl methyl sites for hydroxylation is 4. The van der Waals surface area contributed by atoms with Crippen LogP contribution in [0.4, 0.5) is 34.1 Å². The highest BCUT2D eigenvalue weighted by Crippen LogP contribution is 2.45. The molecule has 10 rings (SSSR count). The van der Waals surface area contributed by atoms with E-state index in [1.807, 2.05) is 0 Å². The SMILES string of the molecule is Cc1cc(N(c2ccc(-c3ccccc3)cc2)c2cccc(-c3ccccc3)c2)cc(C)c1-c1c(C)cc(N(c2ccc(-c3ccccc3)cc2)c2cccc(-c3ccccc3)c2)cc1C. The number of benzene rings is 10. The molecule has 0 spiro atoms. The molecule has 318 valence electrons. The Morgan fingerprint density at radius 1 is 0.197 bits per heavy atom. The van der Waals surface area contributed by atoms with Crippen molar-refractivity contribution >= 4 is 34.1 Å². The lowest BCUT2D eigenvalue weighted by molar-refractivity contribution is 1.23. The van der Waals surface area contributed by atoms with Crippen molar-refractivity contribution in [1.82, 2.24) is 0 Å². The molecule has 0 N–H and O–H groups in total. The zero-order valence-corrected chi connectivity index (χ0v) is 38.0. The van der Waals surface area contributed by atoms with Crippen molar-refractivity contribution in [2.45, 2.75) is 27.7 Å². The maximum absolute atomic E-state index is 2.40. The Morgan fingerprint density at radius 3 is 0.758 bits per heavy atom. The molecule has 0 aliphatic heterocycles. The van der Waals surface area contributed by atoms with Gasteiger partial charge in [-0.1, -0.05) is 170 Å². The Bertz CT molecular complexity index is 2980. The van der Waals surface area contributed by atoms with Crippen molar-refractivity contribution in [3.63, 3.8) is 0 Å². The molecule has 0 atom stereocenters. The number of nitrogens with zero attached hydrogens (tertiary/aromatic N) is 2. The van der Waals surface area contributed by atoms with Crippen molar-refractivity contribution in [2.75, 3.05) is 9.80 Å². The molecular formula is C64H52N2. The van der Waals surface area contributed by atoms with Crippen LogP contribution in [0.2, 0.25) is 0 Å². The summed E-state index contributed by atoms with van der Waals surface area (Å²) in [4.78, 5) is 4.80. The second-order valence-electron chi connectivity index (χ2n) is 17.2. The van der Waals surface area contributed by atoms with E-state index in [0.717, 1.165) is 34.1 Å². The van der Waals surface area contributed by atoms with Gasteiger partial charge in [0.1, 0.15) is 0 Å². The Kier molecular flexibility index (Phi) is 11.7. The number of hydrogen-bond donors (Lipinski definition) is 0. The minimum Gasteiger partial charge on any atom is -0.310 e. The first-order valence-electron chi connectivity index (χ1n) is 22.8. The average Bonchev–Trinajstić information content (AvgIpc) is 3.36. The number of rotatable bonds is 11. The van der Waals surface area contributed by atoms with E-state index < -0.39 is 0 Å². The first kappa shape index (κ1) is 41.8. The van der Waals surface area contributed by atoms with Crippen LogP contribution in [-0.4, -0.2) is 0 Å². The fourth-order valence-electron chi connectivity index (χ4n) is 9.60. The van der Waals surface area contributed by atoms with Gasteiger partial charge in [-0.25, -0.2) is 0 Å². The minimum atomic E-state index is 1.11. The molecule has 0 bridgehead atoms. The second-order valence-corrected chi connectivity index (χ2v) is 17.2. The van der Waals surface area contributed by atoms with Gasteiger partial charge in [0.05, 0.1) is 0 Å². The summed E-state index contributed by atoms with van der Waals surface area (Å²) in [5.41, 5.74) is 23.8. The Labute approximate surface area is 390 Å². The van der Waals surface area contributed by atoms with Gasteiger partial charge in [0.15, 0.2) is 0 Å². The van der Waals surface area contributed by atoms with Crippen molar-refractivity contribution < 1.29 is 0 Å². The molecule has 0 aromatic heterocycles. The largest absolute Gasteiger partial charge is 0.310 e. The van der Waals surface area contributed by atoms with Crippen molar-refractivity contribution in [1.29, 1.82) is 0 Å². The number of anilines is 6. The third-order valence-electron chi connectivity index (χ3n) is 12.7. The highest BCUT2D eigenvalue weighted by Gasteiger charge is 2.21. The standard InChI is InChI=1S/C64H52N2/c1-45-39-61(65(57-35-31-53(32-36-57)49-19-9-5-10-20-49)59-29-17-27-55(43-59)51-23-13-7-14-24-51)40-46(2)63(45)64-47(3)41-62(42-48(64)4)66(58-37-33-54(34-38-58)50-21-11-6-12-22-50)60-30-18-28-56(44-60)52-25-15-8-16-26-52/h5-44H,1-4H3. The van der Waals surface area contributed by atoms with Crippen LogP contribution in [0.5, 0.6) is 0 Å². The van der Waals surface area contributed by atoms with Crippen molar-refractivity contribution in [3.8, 4) is 55.6 Å². The van der Waals surface area contributed by atoms with E-state index in [4.69, 9.17) is 0 Å². The molecule has 0 unspecified atom stereocenters. The lowest BCUT2D eigenvalue weighted by Crippen LogP contribution is -2.12. The molecule has 2 heteroatoms. The lowest BCUT2D eigenvalue weighted by Gasteiger charge is -2.29. The summed E-state index contributed by atoms with van der Waals surface area (Å²) in [6.07, 6.45) is 0. The summed E-state index contributed by atoms with van der Waals surface area (Å²) in [6.45, 7) is 9.08. The van der Waals surface area contributed by atoms with Gasteiger partial charge >= 0.3 is 0 Å². The first-order chi connectivity index (χ1) is 32.4. The molecule has 2 nitrogen and oxygen atoms in total. The van der Waals surface area contributed by atoms with Gasteiger partial charge in [-0.15, -0.1) is 0 Å². The summed E-state index contributed by atoms with van der Waals surface area (Å²) >= 11 is 0. The summed E-state index contributed by atoms with van der Waals surface area (Å²) in [5.74, 6) is 0. The molecule has 0 radical (unpaired) electrons. The zero-order chi connectivity index (χ0) is 45.0.